The van der Waals surface area contributed by atoms with Crippen LogP contribution in [-0.2, 0) is 19.0 Å². The van der Waals surface area contributed by atoms with E-state index in [9.17, 15) is 13.2 Å². The number of carbonyl (C=O) groups is 1. The number of hydrogen-bond acceptors (Lipinski definition) is 5. The maximum Gasteiger partial charge on any atom is 0.408 e. The molecule has 1 aliphatic rings. The average molecular weight is 335 g/mol. The van der Waals surface area contributed by atoms with Gasteiger partial charge in [0.1, 0.15) is 5.60 Å². The molecule has 0 aliphatic heterocycles. The molecule has 0 aromatic carbocycles. The van der Waals surface area contributed by atoms with E-state index < -0.39 is 27.4 Å². The molecule has 130 valence electrons. The van der Waals surface area contributed by atoms with Gasteiger partial charge in [-0.1, -0.05) is 13.8 Å². The predicted octanol–water partition coefficient (Wildman–Crippen LogP) is 2.68. The van der Waals surface area contributed by atoms with Crippen molar-refractivity contribution in [3.05, 3.63) is 0 Å². The number of amides is 1. The highest BCUT2D eigenvalue weighted by molar-refractivity contribution is 7.85. The van der Waals surface area contributed by atoms with Crippen molar-refractivity contribution in [3.8, 4) is 0 Å². The predicted molar refractivity (Wildman–Crippen MR) is 85.1 cm³/mol. The van der Waals surface area contributed by atoms with Crippen LogP contribution in [0.3, 0.4) is 0 Å². The minimum Gasteiger partial charge on any atom is -0.444 e. The highest BCUT2D eigenvalue weighted by atomic mass is 32.2. The fourth-order valence-corrected chi connectivity index (χ4v) is 3.26. The molecule has 6 nitrogen and oxygen atoms in total. The second kappa shape index (κ2) is 6.00. The fourth-order valence-electron chi connectivity index (χ4n) is 2.85. The molecule has 0 heterocycles. The van der Waals surface area contributed by atoms with Gasteiger partial charge in [0, 0.05) is 5.54 Å². The van der Waals surface area contributed by atoms with Crippen LogP contribution in [0.25, 0.3) is 0 Å². The summed E-state index contributed by atoms with van der Waals surface area (Å²) in [5.41, 5.74) is -1.34. The second-order valence-electron chi connectivity index (χ2n) is 7.90. The van der Waals surface area contributed by atoms with E-state index >= 15 is 0 Å². The maximum absolute atomic E-state index is 12.1. The normalized spacial score (nSPS) is 28.4. The van der Waals surface area contributed by atoms with Gasteiger partial charge in [0.2, 0.25) is 0 Å². The van der Waals surface area contributed by atoms with Gasteiger partial charge in [-0.2, -0.15) is 8.42 Å². The van der Waals surface area contributed by atoms with Crippen LogP contribution >= 0.6 is 0 Å². The second-order valence-corrected chi connectivity index (χ2v) is 9.55. The Hall–Kier alpha value is -0.820. The summed E-state index contributed by atoms with van der Waals surface area (Å²) in [5, 5.41) is 2.96. The lowest BCUT2D eigenvalue weighted by molar-refractivity contribution is 0.0320. The molecule has 7 heteroatoms. The van der Waals surface area contributed by atoms with E-state index in [1.807, 2.05) is 41.5 Å². The summed E-state index contributed by atoms with van der Waals surface area (Å²) in [4.78, 5) is 12.1. The summed E-state index contributed by atoms with van der Waals surface area (Å²) in [5.74, 6) is 0.0437. The Labute approximate surface area is 134 Å². The lowest BCUT2D eigenvalue weighted by Gasteiger charge is -2.42. The standard InChI is InChI=1S/C15H29NO5S/c1-13(2,3)21-12(17)16-15(6)9-8-11(14(15,4)5)10-20-22(7,18)19/h11H,8-10H2,1-7H3,(H,16,17). The maximum atomic E-state index is 12.1. The minimum absolute atomic E-state index is 0.0437. The molecule has 1 rings (SSSR count). The Balaban J connectivity index is 2.77. The first-order valence-electron chi connectivity index (χ1n) is 7.52. The number of nitrogens with one attached hydrogen (secondary N) is 1. The molecule has 0 aromatic rings. The first-order valence-corrected chi connectivity index (χ1v) is 9.33. The third kappa shape index (κ3) is 4.84. The number of hydrogen-bond donors (Lipinski definition) is 1. The van der Waals surface area contributed by atoms with E-state index in [-0.39, 0.29) is 17.9 Å². The number of carbonyl (C=O) groups excluding carboxylic acids is 1. The van der Waals surface area contributed by atoms with Crippen molar-refractivity contribution in [2.24, 2.45) is 11.3 Å². The zero-order valence-electron chi connectivity index (χ0n) is 14.6. The van der Waals surface area contributed by atoms with E-state index in [2.05, 4.69) is 5.32 Å². The zero-order valence-corrected chi connectivity index (χ0v) is 15.5. The quantitative estimate of drug-likeness (QED) is 0.799. The topological polar surface area (TPSA) is 81.7 Å². The average Bonchev–Trinajstić information content (AvgIpc) is 2.43. The van der Waals surface area contributed by atoms with E-state index in [4.69, 9.17) is 8.92 Å². The molecule has 0 saturated heterocycles. The van der Waals surface area contributed by atoms with Gasteiger partial charge < -0.3 is 10.1 Å². The van der Waals surface area contributed by atoms with E-state index in [0.717, 1.165) is 19.1 Å². The molecule has 1 amide bonds. The van der Waals surface area contributed by atoms with Crippen molar-refractivity contribution in [3.63, 3.8) is 0 Å². The molecular formula is C15H29NO5S. The van der Waals surface area contributed by atoms with Gasteiger partial charge in [0.25, 0.3) is 10.1 Å². The van der Waals surface area contributed by atoms with E-state index in [1.54, 1.807) is 0 Å². The van der Waals surface area contributed by atoms with Crippen LogP contribution in [-0.4, -0.2) is 38.5 Å². The van der Waals surface area contributed by atoms with Crippen LogP contribution in [0.15, 0.2) is 0 Å². The molecule has 1 fully saturated rings. The Morgan fingerprint density at radius 3 is 2.27 bits per heavy atom. The van der Waals surface area contributed by atoms with E-state index in [1.165, 1.54) is 0 Å². The van der Waals surface area contributed by atoms with E-state index in [0.29, 0.717) is 0 Å². The highest BCUT2D eigenvalue weighted by Crippen LogP contribution is 2.50. The van der Waals surface area contributed by atoms with Crippen molar-refractivity contribution in [2.75, 3.05) is 12.9 Å². The molecule has 0 radical (unpaired) electrons. The number of alkyl carbamates (subject to hydrolysis) is 1. The van der Waals surface area contributed by atoms with Crippen molar-refractivity contribution in [1.29, 1.82) is 0 Å². The van der Waals surface area contributed by atoms with Gasteiger partial charge in [-0.3, -0.25) is 4.18 Å². The molecule has 1 saturated carbocycles. The summed E-state index contributed by atoms with van der Waals surface area (Å²) in [6, 6.07) is 0. The lowest BCUT2D eigenvalue weighted by atomic mass is 9.71. The van der Waals surface area contributed by atoms with Crippen molar-refractivity contribution >= 4 is 16.2 Å². The monoisotopic (exact) mass is 335 g/mol. The molecule has 22 heavy (non-hydrogen) atoms. The fraction of sp³-hybridized carbons (Fsp3) is 0.933. The van der Waals surface area contributed by atoms with Gasteiger partial charge in [-0.05, 0) is 51.9 Å². The Morgan fingerprint density at radius 1 is 1.27 bits per heavy atom. The number of rotatable bonds is 4. The molecule has 2 unspecified atom stereocenters. The van der Waals surface area contributed by atoms with Gasteiger partial charge in [0.15, 0.2) is 0 Å². The van der Waals surface area contributed by atoms with Crippen LogP contribution in [0.2, 0.25) is 0 Å². The molecule has 1 aliphatic carbocycles. The number of ether oxygens (including phenoxy) is 1. The summed E-state index contributed by atoms with van der Waals surface area (Å²) in [7, 11) is -3.46. The van der Waals surface area contributed by atoms with Crippen LogP contribution in [0.1, 0.15) is 54.4 Å². The molecule has 2 atom stereocenters. The zero-order chi connectivity index (χ0) is 17.4. The first-order chi connectivity index (χ1) is 9.66. The lowest BCUT2D eigenvalue weighted by Crippen LogP contribution is -2.55. The van der Waals surface area contributed by atoms with Crippen LogP contribution in [0.5, 0.6) is 0 Å². The molecule has 1 N–H and O–H groups in total. The van der Waals surface area contributed by atoms with Crippen molar-refractivity contribution in [2.45, 2.75) is 65.5 Å². The smallest absolute Gasteiger partial charge is 0.408 e. The van der Waals surface area contributed by atoms with Crippen LogP contribution in [0.4, 0.5) is 4.79 Å². The van der Waals surface area contributed by atoms with Crippen molar-refractivity contribution < 1.29 is 22.1 Å². The molecule has 0 aromatic heterocycles. The third-order valence-electron chi connectivity index (χ3n) is 4.70. The van der Waals surface area contributed by atoms with Crippen molar-refractivity contribution in [1.82, 2.24) is 5.32 Å². The molecule has 0 bridgehead atoms. The highest BCUT2D eigenvalue weighted by Gasteiger charge is 2.52. The third-order valence-corrected chi connectivity index (χ3v) is 5.26. The summed E-state index contributed by atoms with van der Waals surface area (Å²) >= 11 is 0. The first kappa shape index (κ1) is 19.2. The van der Waals surface area contributed by atoms with Gasteiger partial charge in [0.05, 0.1) is 12.9 Å². The molecule has 0 spiro atoms. The van der Waals surface area contributed by atoms with Gasteiger partial charge >= 0.3 is 6.09 Å². The molecular weight excluding hydrogens is 306 g/mol. The Bertz CT molecular complexity index is 521. The Morgan fingerprint density at radius 2 is 1.82 bits per heavy atom. The SMILES string of the molecule is CC(C)(C)OC(=O)NC1(C)CCC(COS(C)(=O)=O)C1(C)C. The van der Waals surface area contributed by atoms with Crippen LogP contribution in [0, 0.1) is 11.3 Å². The van der Waals surface area contributed by atoms with Gasteiger partial charge in [-0.25, -0.2) is 4.79 Å². The summed E-state index contributed by atoms with van der Waals surface area (Å²) in [6.45, 7) is 11.6. The summed E-state index contributed by atoms with van der Waals surface area (Å²) in [6.07, 6.45) is 2.13. The van der Waals surface area contributed by atoms with Gasteiger partial charge in [-0.15, -0.1) is 0 Å². The summed E-state index contributed by atoms with van der Waals surface area (Å²) < 4.78 is 32.7. The Kier molecular flexibility index (Phi) is 5.24. The van der Waals surface area contributed by atoms with Crippen LogP contribution < -0.4 is 5.32 Å². The largest absolute Gasteiger partial charge is 0.444 e. The minimum atomic E-state index is -3.46.